The van der Waals surface area contributed by atoms with E-state index in [9.17, 15) is 4.89 Å². The molecule has 0 saturated carbocycles. The maximum absolute atomic E-state index is 12.3. The summed E-state index contributed by atoms with van der Waals surface area (Å²) in [7, 11) is 0. The van der Waals surface area contributed by atoms with E-state index in [-0.39, 0.29) is 0 Å². The molecule has 3 aromatic carbocycles. The molecule has 0 atom stereocenters. The second-order valence-corrected chi connectivity index (χ2v) is 12.3. The first-order valence-corrected chi connectivity index (χ1v) is 11.2. The third-order valence-electron chi connectivity index (χ3n) is 4.06. The van der Waals surface area contributed by atoms with Crippen LogP contribution in [0.4, 0.5) is 0 Å². The van der Waals surface area contributed by atoms with Gasteiger partial charge in [-0.15, -0.1) is 0 Å². The maximum atomic E-state index is 12.3. The van der Waals surface area contributed by atoms with Crippen LogP contribution in [0.1, 0.15) is 0 Å². The van der Waals surface area contributed by atoms with Crippen LogP contribution in [0.5, 0.6) is 0 Å². The molecule has 0 bridgehead atoms. The van der Waals surface area contributed by atoms with Crippen molar-refractivity contribution in [2.45, 2.75) is 0 Å². The predicted molar refractivity (Wildman–Crippen MR) is 101 cm³/mol. The monoisotopic (exact) mass is 326 g/mol. The van der Waals surface area contributed by atoms with Crippen molar-refractivity contribution in [3.05, 3.63) is 91.0 Å². The number of rotatable bonds is 4. The molecular formula is C19H19OPS. The zero-order chi connectivity index (χ0) is 15.5. The van der Waals surface area contributed by atoms with Gasteiger partial charge in [-0.25, -0.2) is 0 Å². The zero-order valence-corrected chi connectivity index (χ0v) is 14.2. The average Bonchev–Trinajstić information content (AvgIpc) is 2.63. The summed E-state index contributed by atoms with van der Waals surface area (Å²) in [6.45, 7) is 0. The van der Waals surface area contributed by atoms with Crippen molar-refractivity contribution in [2.24, 2.45) is 0 Å². The van der Waals surface area contributed by atoms with Crippen molar-refractivity contribution >= 4 is 33.3 Å². The molecule has 3 rings (SSSR count). The molecule has 0 saturated heterocycles. The molecule has 0 spiro atoms. The Balaban J connectivity index is 2.41. The summed E-state index contributed by atoms with van der Waals surface area (Å²) in [6.07, 6.45) is 2.00. The van der Waals surface area contributed by atoms with Gasteiger partial charge in [0.1, 0.15) is 0 Å². The first kappa shape index (κ1) is 15.3. The number of hydrogen-bond donors (Lipinski definition) is 1. The van der Waals surface area contributed by atoms with Crippen LogP contribution in [0.25, 0.3) is 0 Å². The molecule has 0 fully saturated rings. The van der Waals surface area contributed by atoms with E-state index in [4.69, 9.17) is 0 Å². The van der Waals surface area contributed by atoms with Crippen molar-refractivity contribution < 1.29 is 4.89 Å². The Labute approximate surface area is 135 Å². The molecule has 0 aliphatic carbocycles. The summed E-state index contributed by atoms with van der Waals surface area (Å²) in [5.74, 6) is 0. The first-order chi connectivity index (χ1) is 10.7. The second-order valence-electron chi connectivity index (χ2n) is 5.18. The fraction of sp³-hybridized carbons (Fsp3) is 0.0526. The molecule has 0 aliphatic rings. The Morgan fingerprint density at radius 2 is 0.864 bits per heavy atom. The first-order valence-electron chi connectivity index (χ1n) is 7.19. The van der Waals surface area contributed by atoms with Crippen molar-refractivity contribution in [3.8, 4) is 0 Å². The van der Waals surface area contributed by atoms with Crippen LogP contribution >= 0.6 is 17.4 Å². The van der Waals surface area contributed by atoms with E-state index in [0.29, 0.717) is 0 Å². The second kappa shape index (κ2) is 5.89. The van der Waals surface area contributed by atoms with Crippen molar-refractivity contribution in [1.82, 2.24) is 0 Å². The van der Waals surface area contributed by atoms with E-state index in [2.05, 4.69) is 0 Å². The molecule has 0 unspecified atom stereocenters. The summed E-state index contributed by atoms with van der Waals surface area (Å²) in [6, 6.07) is 26.7. The normalized spacial score (nSPS) is 13.3. The predicted octanol–water partition coefficient (Wildman–Crippen LogP) is 3.70. The van der Waals surface area contributed by atoms with Gasteiger partial charge in [0, 0.05) is 0 Å². The van der Waals surface area contributed by atoms with Gasteiger partial charge in [0.2, 0.25) is 0 Å². The van der Waals surface area contributed by atoms with Gasteiger partial charge in [0.05, 0.1) is 0 Å². The summed E-state index contributed by atoms with van der Waals surface area (Å²) < 4.78 is 0. The van der Waals surface area contributed by atoms with Crippen molar-refractivity contribution in [3.63, 3.8) is 0 Å². The van der Waals surface area contributed by atoms with Crippen LogP contribution in [0.15, 0.2) is 91.0 Å². The fourth-order valence-corrected chi connectivity index (χ4v) is 9.57. The van der Waals surface area contributed by atoms with Crippen molar-refractivity contribution in [2.75, 3.05) is 6.26 Å². The molecule has 112 valence electrons. The minimum absolute atomic E-state index is 0.985. The number of hydrogen-bond acceptors (Lipinski definition) is 2. The Morgan fingerprint density at radius 1 is 0.591 bits per heavy atom. The minimum atomic E-state index is -3.48. The molecule has 0 aliphatic heterocycles. The van der Waals surface area contributed by atoms with Gasteiger partial charge >= 0.3 is 135 Å². The quantitative estimate of drug-likeness (QED) is 0.738. The molecule has 0 amide bonds. The molecule has 1 nitrogen and oxygen atoms in total. The Bertz CT molecular complexity index is 645. The zero-order valence-electron chi connectivity index (χ0n) is 12.5. The number of benzene rings is 3. The van der Waals surface area contributed by atoms with Crippen molar-refractivity contribution in [1.29, 1.82) is 0 Å². The third kappa shape index (κ3) is 2.19. The Kier molecular flexibility index (Phi) is 4.10. The van der Waals surface area contributed by atoms with E-state index in [1.54, 1.807) is 11.4 Å². The van der Waals surface area contributed by atoms with Crippen LogP contribution in [-0.2, 0) is 0 Å². The van der Waals surface area contributed by atoms with Gasteiger partial charge in [-0.05, 0) is 0 Å². The molecular weight excluding hydrogens is 307 g/mol. The molecule has 1 N–H and O–H groups in total. The summed E-state index contributed by atoms with van der Waals surface area (Å²) in [5, 5.41) is 2.95. The van der Waals surface area contributed by atoms with Gasteiger partial charge < -0.3 is 0 Å². The SMILES string of the molecule is CSP(O)(c1ccccc1)(c1ccccc1)c1ccccc1. The topological polar surface area (TPSA) is 20.2 Å². The molecule has 22 heavy (non-hydrogen) atoms. The van der Waals surface area contributed by atoms with E-state index < -0.39 is 6.03 Å². The molecule has 3 aromatic rings. The Morgan fingerprint density at radius 3 is 1.09 bits per heavy atom. The van der Waals surface area contributed by atoms with Crippen LogP contribution in [0.3, 0.4) is 0 Å². The van der Waals surface area contributed by atoms with E-state index in [1.165, 1.54) is 0 Å². The van der Waals surface area contributed by atoms with Gasteiger partial charge in [-0.1, -0.05) is 0 Å². The Hall–Kier alpha value is -1.60. The van der Waals surface area contributed by atoms with E-state index >= 15 is 0 Å². The van der Waals surface area contributed by atoms with Crippen LogP contribution in [-0.4, -0.2) is 11.1 Å². The van der Waals surface area contributed by atoms with Crippen LogP contribution in [0.2, 0.25) is 0 Å². The molecule has 0 aromatic heterocycles. The fourth-order valence-electron chi connectivity index (χ4n) is 2.88. The average molecular weight is 326 g/mol. The third-order valence-corrected chi connectivity index (χ3v) is 12.6. The van der Waals surface area contributed by atoms with Gasteiger partial charge in [0.25, 0.3) is 0 Å². The summed E-state index contributed by atoms with van der Waals surface area (Å²) >= 11 is 1.57. The molecule has 0 heterocycles. The summed E-state index contributed by atoms with van der Waals surface area (Å²) in [4.78, 5) is 12.3. The van der Waals surface area contributed by atoms with Crippen LogP contribution < -0.4 is 15.9 Å². The van der Waals surface area contributed by atoms with E-state index in [0.717, 1.165) is 15.9 Å². The van der Waals surface area contributed by atoms with Crippen LogP contribution in [0, 0.1) is 0 Å². The van der Waals surface area contributed by atoms with E-state index in [1.807, 2.05) is 97.3 Å². The standard InChI is InChI=1S/C19H19OPS/c1-22-21(20,17-11-5-2-6-12-17,18-13-7-3-8-14-18)19-15-9-4-10-16-19/h2-16,20H,1H3. The van der Waals surface area contributed by atoms with Gasteiger partial charge in [0.15, 0.2) is 0 Å². The summed E-state index contributed by atoms with van der Waals surface area (Å²) in [5.41, 5.74) is 0. The molecule has 3 heteroatoms. The van der Waals surface area contributed by atoms with Gasteiger partial charge in [-0.2, -0.15) is 0 Å². The molecule has 0 radical (unpaired) electrons. The van der Waals surface area contributed by atoms with Gasteiger partial charge in [-0.3, -0.25) is 0 Å².